The molecule has 4 nitrogen and oxygen atoms in total. The zero-order valence-electron chi connectivity index (χ0n) is 11.5. The Balaban J connectivity index is 2.07. The van der Waals surface area contributed by atoms with E-state index in [9.17, 15) is 4.39 Å². The Morgan fingerprint density at radius 2 is 2.00 bits per heavy atom. The van der Waals surface area contributed by atoms with Gasteiger partial charge in [0.1, 0.15) is 17.6 Å². The Morgan fingerprint density at radius 3 is 2.71 bits per heavy atom. The molecular weight excluding hydrogens is 271 g/mol. The summed E-state index contributed by atoms with van der Waals surface area (Å²) in [4.78, 5) is 0. The van der Waals surface area contributed by atoms with E-state index in [-0.39, 0.29) is 17.4 Å². The third kappa shape index (κ3) is 2.49. The van der Waals surface area contributed by atoms with Crippen molar-refractivity contribution in [2.24, 2.45) is 5.84 Å². The van der Waals surface area contributed by atoms with Crippen LogP contribution in [0.1, 0.15) is 17.4 Å². The van der Waals surface area contributed by atoms with Crippen LogP contribution in [0.2, 0.25) is 0 Å². The van der Waals surface area contributed by atoms with E-state index in [0.717, 1.165) is 11.3 Å². The second-order valence-corrected chi connectivity index (χ2v) is 4.68. The highest BCUT2D eigenvalue weighted by Crippen LogP contribution is 2.30. The molecule has 1 heterocycles. The highest BCUT2D eigenvalue weighted by Gasteiger charge is 2.19. The van der Waals surface area contributed by atoms with E-state index in [1.54, 1.807) is 25.3 Å². The van der Waals surface area contributed by atoms with Gasteiger partial charge in [0.2, 0.25) is 0 Å². The number of nitrogens with one attached hydrogen (secondary N) is 1. The maximum atomic E-state index is 13.7. The second-order valence-electron chi connectivity index (χ2n) is 4.68. The van der Waals surface area contributed by atoms with Gasteiger partial charge >= 0.3 is 0 Å². The number of benzene rings is 2. The first-order valence-electron chi connectivity index (χ1n) is 6.51. The van der Waals surface area contributed by atoms with E-state index in [1.807, 2.05) is 24.3 Å². The molecule has 0 saturated heterocycles. The Bertz CT molecular complexity index is 770. The van der Waals surface area contributed by atoms with Crippen LogP contribution in [0.25, 0.3) is 11.0 Å². The number of para-hydroxylation sites is 1. The third-order valence-electron chi connectivity index (χ3n) is 3.39. The van der Waals surface area contributed by atoms with Crippen molar-refractivity contribution in [1.82, 2.24) is 5.43 Å². The van der Waals surface area contributed by atoms with Crippen LogP contribution in [0, 0.1) is 5.82 Å². The molecule has 0 spiro atoms. The lowest BCUT2D eigenvalue weighted by Crippen LogP contribution is -2.28. The fourth-order valence-electron chi connectivity index (χ4n) is 2.35. The summed E-state index contributed by atoms with van der Waals surface area (Å²) in [5.74, 6) is 6.52. The molecule has 1 atom stereocenters. The predicted molar refractivity (Wildman–Crippen MR) is 78.3 cm³/mol. The van der Waals surface area contributed by atoms with Crippen molar-refractivity contribution in [2.45, 2.75) is 6.04 Å². The Morgan fingerprint density at radius 1 is 1.19 bits per heavy atom. The quantitative estimate of drug-likeness (QED) is 0.571. The lowest BCUT2D eigenvalue weighted by Gasteiger charge is -2.14. The van der Waals surface area contributed by atoms with Gasteiger partial charge in [-0.05, 0) is 29.8 Å². The molecule has 0 radical (unpaired) electrons. The first-order chi connectivity index (χ1) is 10.2. The van der Waals surface area contributed by atoms with Crippen LogP contribution < -0.4 is 16.0 Å². The third-order valence-corrected chi connectivity index (χ3v) is 3.39. The summed E-state index contributed by atoms with van der Waals surface area (Å²) in [6.07, 6.45) is 0. The number of hydrogen-bond donors (Lipinski definition) is 2. The molecule has 5 heteroatoms. The molecule has 21 heavy (non-hydrogen) atoms. The summed E-state index contributed by atoms with van der Waals surface area (Å²) in [7, 11) is 1.60. The molecule has 0 aliphatic carbocycles. The Kier molecular flexibility index (Phi) is 3.60. The van der Waals surface area contributed by atoms with Crippen molar-refractivity contribution in [2.75, 3.05) is 7.11 Å². The summed E-state index contributed by atoms with van der Waals surface area (Å²) in [6.45, 7) is 0. The van der Waals surface area contributed by atoms with Gasteiger partial charge in [0.25, 0.3) is 0 Å². The largest absolute Gasteiger partial charge is 0.497 e. The van der Waals surface area contributed by atoms with Crippen LogP contribution in [-0.4, -0.2) is 7.11 Å². The molecule has 0 saturated carbocycles. The predicted octanol–water partition coefficient (Wildman–Crippen LogP) is 3.13. The molecule has 0 aliphatic heterocycles. The molecule has 0 aliphatic rings. The number of rotatable bonds is 4. The van der Waals surface area contributed by atoms with Crippen molar-refractivity contribution >= 4 is 11.0 Å². The fourth-order valence-corrected chi connectivity index (χ4v) is 2.35. The number of hydrogen-bond acceptors (Lipinski definition) is 4. The Hall–Kier alpha value is -2.37. The smallest absolute Gasteiger partial charge is 0.169 e. The zero-order valence-corrected chi connectivity index (χ0v) is 11.5. The highest BCUT2D eigenvalue weighted by atomic mass is 19.1. The SMILES string of the molecule is COc1cccc(C(NN)c2cc3cccc(F)c3o2)c1. The molecule has 1 unspecified atom stereocenters. The summed E-state index contributed by atoms with van der Waals surface area (Å²) >= 11 is 0. The number of ether oxygens (including phenoxy) is 1. The van der Waals surface area contributed by atoms with Crippen LogP contribution >= 0.6 is 0 Å². The second kappa shape index (κ2) is 5.55. The normalized spacial score (nSPS) is 12.5. The number of hydrazine groups is 1. The molecule has 108 valence electrons. The Labute approximate surface area is 121 Å². The van der Waals surface area contributed by atoms with Crippen LogP contribution in [0.5, 0.6) is 5.75 Å². The van der Waals surface area contributed by atoms with Gasteiger partial charge in [-0.3, -0.25) is 5.84 Å². The van der Waals surface area contributed by atoms with Gasteiger partial charge in [0.05, 0.1) is 7.11 Å². The number of nitrogens with two attached hydrogens (primary N) is 1. The molecule has 3 rings (SSSR count). The topological polar surface area (TPSA) is 60.4 Å². The standard InChI is InChI=1S/C16H15FN2O2/c1-20-12-6-2-4-10(8-12)15(19-18)14-9-11-5-3-7-13(17)16(11)21-14/h2-9,15,19H,18H2,1H3. The van der Waals surface area contributed by atoms with Crippen LogP contribution in [0.3, 0.4) is 0 Å². The molecule has 0 bridgehead atoms. The van der Waals surface area contributed by atoms with Crippen LogP contribution in [-0.2, 0) is 0 Å². The summed E-state index contributed by atoms with van der Waals surface area (Å²) in [5.41, 5.74) is 3.80. The van der Waals surface area contributed by atoms with E-state index in [1.165, 1.54) is 6.07 Å². The van der Waals surface area contributed by atoms with Gasteiger partial charge in [-0.2, -0.15) is 0 Å². The van der Waals surface area contributed by atoms with Gasteiger partial charge < -0.3 is 9.15 Å². The van der Waals surface area contributed by atoms with Crippen molar-refractivity contribution in [3.63, 3.8) is 0 Å². The first kappa shape index (κ1) is 13.6. The van der Waals surface area contributed by atoms with E-state index >= 15 is 0 Å². The van der Waals surface area contributed by atoms with Crippen molar-refractivity contribution in [3.05, 3.63) is 65.7 Å². The fraction of sp³-hybridized carbons (Fsp3) is 0.125. The molecule has 0 amide bonds. The van der Waals surface area contributed by atoms with Crippen LogP contribution in [0.4, 0.5) is 4.39 Å². The van der Waals surface area contributed by atoms with Gasteiger partial charge in [-0.1, -0.05) is 24.3 Å². The maximum absolute atomic E-state index is 13.7. The number of halogens is 1. The minimum atomic E-state index is -0.389. The van der Waals surface area contributed by atoms with E-state index in [4.69, 9.17) is 15.0 Å². The monoisotopic (exact) mass is 286 g/mol. The zero-order chi connectivity index (χ0) is 14.8. The molecule has 2 aromatic carbocycles. The summed E-state index contributed by atoms with van der Waals surface area (Å²) in [5, 5.41) is 0.702. The molecule has 3 N–H and O–H groups in total. The summed E-state index contributed by atoms with van der Waals surface area (Å²) < 4.78 is 24.5. The van der Waals surface area contributed by atoms with Crippen molar-refractivity contribution < 1.29 is 13.5 Å². The average molecular weight is 286 g/mol. The molecule has 0 fully saturated rings. The van der Waals surface area contributed by atoms with Crippen molar-refractivity contribution in [3.8, 4) is 5.75 Å². The summed E-state index contributed by atoms with van der Waals surface area (Å²) in [6, 6.07) is 13.7. The maximum Gasteiger partial charge on any atom is 0.169 e. The minimum Gasteiger partial charge on any atom is -0.497 e. The van der Waals surface area contributed by atoms with E-state index < -0.39 is 0 Å². The number of furan rings is 1. The van der Waals surface area contributed by atoms with Crippen molar-refractivity contribution in [1.29, 1.82) is 0 Å². The first-order valence-corrected chi connectivity index (χ1v) is 6.51. The minimum absolute atomic E-state index is 0.232. The number of methoxy groups -OCH3 is 1. The molecular formula is C16H15FN2O2. The van der Waals surface area contributed by atoms with E-state index in [0.29, 0.717) is 11.1 Å². The van der Waals surface area contributed by atoms with Gasteiger partial charge in [-0.15, -0.1) is 0 Å². The van der Waals surface area contributed by atoms with Crippen LogP contribution in [0.15, 0.2) is 52.9 Å². The van der Waals surface area contributed by atoms with E-state index in [2.05, 4.69) is 5.43 Å². The van der Waals surface area contributed by atoms with Gasteiger partial charge in [0.15, 0.2) is 11.4 Å². The lowest BCUT2D eigenvalue weighted by molar-refractivity contribution is 0.412. The highest BCUT2D eigenvalue weighted by molar-refractivity contribution is 5.78. The molecule has 1 aromatic heterocycles. The molecule has 3 aromatic rings. The van der Waals surface area contributed by atoms with Gasteiger partial charge in [-0.25, -0.2) is 9.82 Å². The van der Waals surface area contributed by atoms with Gasteiger partial charge in [0, 0.05) is 5.39 Å². The lowest BCUT2D eigenvalue weighted by atomic mass is 10.0. The number of fused-ring (bicyclic) bond motifs is 1. The average Bonchev–Trinajstić information content (AvgIpc) is 2.93.